The van der Waals surface area contributed by atoms with E-state index in [0.717, 1.165) is 17.2 Å². The van der Waals surface area contributed by atoms with Gasteiger partial charge in [0, 0.05) is 35.4 Å². The number of nitrogens with two attached hydrogens (primary N) is 1. The number of halogens is 3. The minimum atomic E-state index is -3.96. The highest BCUT2D eigenvalue weighted by atomic mass is 19.3. The largest absolute Gasteiger partial charge is 0.369 e. The molecule has 0 spiro atoms. The standard InChI is InChI=1S/C23H23F3N4O3/c1-12-8-15(2-5-18(12)24)29-21(32)13-6-7-28-19(11-13)23(25,26)22(33)30-16-3-4-17(30)10-14(9-16)20(27)31/h2,5-8,11,14,16-17H,3-4,9-10H2,1H3,(H2,27,31)(H,29,32)/t14-,16-,17+. The van der Waals surface area contributed by atoms with Gasteiger partial charge in [0.2, 0.25) is 5.91 Å². The van der Waals surface area contributed by atoms with Crippen LogP contribution in [0.1, 0.15) is 47.3 Å². The van der Waals surface area contributed by atoms with Gasteiger partial charge in [-0.05, 0) is 68.5 Å². The van der Waals surface area contributed by atoms with Gasteiger partial charge in [-0.15, -0.1) is 0 Å². The van der Waals surface area contributed by atoms with E-state index in [2.05, 4.69) is 10.3 Å². The van der Waals surface area contributed by atoms with Gasteiger partial charge in [-0.3, -0.25) is 19.4 Å². The van der Waals surface area contributed by atoms with E-state index in [-0.39, 0.29) is 18.4 Å². The number of alkyl halides is 2. The molecule has 2 bridgehead atoms. The number of aromatic nitrogens is 1. The Hall–Kier alpha value is -3.43. The van der Waals surface area contributed by atoms with Gasteiger partial charge in [0.05, 0.1) is 0 Å². The van der Waals surface area contributed by atoms with E-state index in [1.54, 1.807) is 0 Å². The fourth-order valence-corrected chi connectivity index (χ4v) is 4.68. The van der Waals surface area contributed by atoms with Crippen LogP contribution in [0.4, 0.5) is 18.9 Å². The van der Waals surface area contributed by atoms with Gasteiger partial charge in [-0.2, -0.15) is 8.78 Å². The smallest absolute Gasteiger partial charge is 0.366 e. The summed E-state index contributed by atoms with van der Waals surface area (Å²) in [6.45, 7) is 1.53. The van der Waals surface area contributed by atoms with Crippen molar-refractivity contribution in [2.45, 2.75) is 50.6 Å². The quantitative estimate of drug-likeness (QED) is 0.715. The molecule has 0 radical (unpaired) electrons. The molecule has 2 fully saturated rings. The maximum Gasteiger partial charge on any atom is 0.366 e. The van der Waals surface area contributed by atoms with E-state index >= 15 is 8.78 Å². The van der Waals surface area contributed by atoms with Gasteiger partial charge in [0.1, 0.15) is 11.5 Å². The Morgan fingerprint density at radius 1 is 1.12 bits per heavy atom. The second-order valence-corrected chi connectivity index (χ2v) is 8.59. The molecule has 2 saturated heterocycles. The molecule has 174 valence electrons. The Balaban J connectivity index is 1.53. The Morgan fingerprint density at radius 2 is 1.79 bits per heavy atom. The zero-order valence-electron chi connectivity index (χ0n) is 17.9. The molecular formula is C23H23F3N4O3. The first kappa shape index (κ1) is 22.8. The van der Waals surface area contributed by atoms with Crippen LogP contribution in [-0.2, 0) is 15.5 Å². The fourth-order valence-electron chi connectivity index (χ4n) is 4.68. The van der Waals surface area contributed by atoms with Crippen LogP contribution in [0.5, 0.6) is 0 Å². The lowest BCUT2D eigenvalue weighted by atomic mass is 9.89. The number of carbonyl (C=O) groups excluding carboxylic acids is 3. The van der Waals surface area contributed by atoms with Crippen molar-refractivity contribution >= 4 is 23.4 Å². The number of fused-ring (bicyclic) bond motifs is 2. The highest BCUT2D eigenvalue weighted by molar-refractivity contribution is 6.04. The van der Waals surface area contributed by atoms with Crippen LogP contribution >= 0.6 is 0 Å². The molecule has 1 aromatic heterocycles. The van der Waals surface area contributed by atoms with Crippen LogP contribution in [0.15, 0.2) is 36.5 Å². The van der Waals surface area contributed by atoms with Crippen molar-refractivity contribution in [1.29, 1.82) is 0 Å². The van der Waals surface area contributed by atoms with Crippen molar-refractivity contribution in [2.24, 2.45) is 11.7 Å². The van der Waals surface area contributed by atoms with Crippen LogP contribution in [0.2, 0.25) is 0 Å². The molecule has 33 heavy (non-hydrogen) atoms. The van der Waals surface area contributed by atoms with Gasteiger partial charge in [0.15, 0.2) is 0 Å². The van der Waals surface area contributed by atoms with E-state index < -0.39 is 53.2 Å². The average molecular weight is 460 g/mol. The SMILES string of the molecule is Cc1cc(NC(=O)c2ccnc(C(F)(F)C(=O)N3[C@@H]4CC[C@H]3C[C@H](C(N)=O)C4)c2)ccc1F. The van der Waals surface area contributed by atoms with Crippen molar-refractivity contribution in [2.75, 3.05) is 5.32 Å². The second kappa shape index (κ2) is 8.49. The highest BCUT2D eigenvalue weighted by Crippen LogP contribution is 2.42. The Bertz CT molecular complexity index is 1110. The Labute approximate surface area is 188 Å². The van der Waals surface area contributed by atoms with Gasteiger partial charge in [-0.1, -0.05) is 0 Å². The number of nitrogens with one attached hydrogen (secondary N) is 1. The summed E-state index contributed by atoms with van der Waals surface area (Å²) in [5, 5.41) is 2.52. The first-order valence-electron chi connectivity index (χ1n) is 10.6. The summed E-state index contributed by atoms with van der Waals surface area (Å²) in [6, 6.07) is 5.12. The lowest BCUT2D eigenvalue weighted by Gasteiger charge is -2.39. The monoisotopic (exact) mass is 460 g/mol. The molecule has 2 aromatic rings. The first-order chi connectivity index (χ1) is 15.6. The van der Waals surface area contributed by atoms with E-state index in [1.807, 2.05) is 0 Å². The number of primary amides is 1. The Kier molecular flexibility index (Phi) is 5.85. The third-order valence-electron chi connectivity index (χ3n) is 6.40. The topological polar surface area (TPSA) is 105 Å². The maximum atomic E-state index is 15.2. The van der Waals surface area contributed by atoms with E-state index in [4.69, 9.17) is 5.73 Å². The number of rotatable bonds is 5. The minimum Gasteiger partial charge on any atom is -0.369 e. The molecule has 3 N–H and O–H groups in total. The number of carbonyl (C=O) groups is 3. The van der Waals surface area contributed by atoms with E-state index in [1.165, 1.54) is 31.2 Å². The lowest BCUT2D eigenvalue weighted by Crippen LogP contribution is -2.53. The van der Waals surface area contributed by atoms with Crippen LogP contribution in [0.3, 0.4) is 0 Å². The zero-order chi connectivity index (χ0) is 23.9. The Morgan fingerprint density at radius 3 is 2.39 bits per heavy atom. The molecule has 0 saturated carbocycles. The van der Waals surface area contributed by atoms with Crippen molar-refractivity contribution in [3.63, 3.8) is 0 Å². The number of hydrogen-bond donors (Lipinski definition) is 2. The molecule has 7 nitrogen and oxygen atoms in total. The van der Waals surface area contributed by atoms with Crippen LogP contribution in [0, 0.1) is 18.7 Å². The summed E-state index contributed by atoms with van der Waals surface area (Å²) < 4.78 is 43.9. The minimum absolute atomic E-state index is 0.120. The third-order valence-corrected chi connectivity index (χ3v) is 6.40. The summed E-state index contributed by atoms with van der Waals surface area (Å²) >= 11 is 0. The van der Waals surface area contributed by atoms with Crippen molar-refractivity contribution < 1.29 is 27.6 Å². The number of anilines is 1. The molecule has 2 aliphatic rings. The van der Waals surface area contributed by atoms with Crippen LogP contribution in [-0.4, -0.2) is 39.7 Å². The molecular weight excluding hydrogens is 437 g/mol. The van der Waals surface area contributed by atoms with Gasteiger partial charge < -0.3 is 16.0 Å². The zero-order valence-corrected chi connectivity index (χ0v) is 17.9. The highest BCUT2D eigenvalue weighted by Gasteiger charge is 2.53. The fraction of sp³-hybridized carbons (Fsp3) is 0.391. The summed E-state index contributed by atoms with van der Waals surface area (Å²) in [4.78, 5) is 41.8. The number of piperidine rings is 1. The summed E-state index contributed by atoms with van der Waals surface area (Å²) in [7, 11) is 0. The van der Waals surface area contributed by atoms with E-state index in [9.17, 15) is 18.8 Å². The molecule has 0 aliphatic carbocycles. The normalized spacial score (nSPS) is 22.2. The number of hydrogen-bond acceptors (Lipinski definition) is 4. The molecule has 10 heteroatoms. The molecule has 0 unspecified atom stereocenters. The van der Waals surface area contributed by atoms with Crippen molar-refractivity contribution in [3.05, 3.63) is 59.2 Å². The molecule has 3 amide bonds. The predicted octanol–water partition coefficient (Wildman–Crippen LogP) is 3.13. The van der Waals surface area contributed by atoms with Crippen molar-refractivity contribution in [1.82, 2.24) is 9.88 Å². The van der Waals surface area contributed by atoms with Gasteiger partial charge in [-0.25, -0.2) is 4.39 Å². The van der Waals surface area contributed by atoms with Gasteiger partial charge in [0.25, 0.3) is 11.8 Å². The summed E-state index contributed by atoms with van der Waals surface area (Å²) in [5.74, 6) is -7.40. The van der Waals surface area contributed by atoms with Crippen LogP contribution in [0.25, 0.3) is 0 Å². The van der Waals surface area contributed by atoms with Gasteiger partial charge >= 0.3 is 5.92 Å². The molecule has 2 aliphatic heterocycles. The number of nitrogens with zero attached hydrogens (tertiary/aromatic N) is 2. The summed E-state index contributed by atoms with van der Waals surface area (Å²) in [5.41, 5.74) is 5.03. The molecule has 1 aromatic carbocycles. The molecule has 4 rings (SSSR count). The maximum absolute atomic E-state index is 15.2. The molecule has 3 atom stereocenters. The average Bonchev–Trinajstić information content (AvgIpc) is 3.04. The number of amides is 3. The number of aryl methyl sites for hydroxylation is 1. The second-order valence-electron chi connectivity index (χ2n) is 8.59. The first-order valence-corrected chi connectivity index (χ1v) is 10.6. The number of benzene rings is 1. The predicted molar refractivity (Wildman–Crippen MR) is 113 cm³/mol. The van der Waals surface area contributed by atoms with Crippen molar-refractivity contribution in [3.8, 4) is 0 Å². The number of pyridine rings is 1. The van der Waals surface area contributed by atoms with E-state index in [0.29, 0.717) is 24.1 Å². The molecule has 3 heterocycles. The lowest BCUT2D eigenvalue weighted by molar-refractivity contribution is -0.165. The summed E-state index contributed by atoms with van der Waals surface area (Å²) in [6.07, 6.45) is 2.63. The third kappa shape index (κ3) is 4.29. The van der Waals surface area contributed by atoms with Crippen LogP contribution < -0.4 is 11.1 Å².